The van der Waals surface area contributed by atoms with Crippen molar-refractivity contribution in [2.24, 2.45) is 0 Å². The van der Waals surface area contributed by atoms with Crippen LogP contribution in [0.1, 0.15) is 45.7 Å². The molecule has 0 N–H and O–H groups in total. The van der Waals surface area contributed by atoms with Crippen LogP contribution < -0.4 is 0 Å². The van der Waals surface area contributed by atoms with Gasteiger partial charge in [0.05, 0.1) is 5.69 Å². The molecule has 2 heteroatoms. The van der Waals surface area contributed by atoms with Gasteiger partial charge in [-0.05, 0) is 24.5 Å². The maximum absolute atomic E-state index is 4.00. The number of aromatic nitrogens is 2. The molecule has 1 unspecified atom stereocenters. The van der Waals surface area contributed by atoms with E-state index in [0.29, 0.717) is 5.92 Å². The molecule has 0 radical (unpaired) electrons. The Balaban J connectivity index is 0.000000561. The molecule has 0 amide bonds. The predicted molar refractivity (Wildman–Crippen MR) is 52.1 cm³/mol. The van der Waals surface area contributed by atoms with Gasteiger partial charge < -0.3 is 0 Å². The van der Waals surface area contributed by atoms with Gasteiger partial charge >= 0.3 is 0 Å². The highest BCUT2D eigenvalue weighted by Crippen LogP contribution is 2.13. The van der Waals surface area contributed by atoms with E-state index in [1.165, 1.54) is 0 Å². The number of hydrogen-bond donors (Lipinski definition) is 0. The third-order valence-corrected chi connectivity index (χ3v) is 1.71. The standard InChI is InChI=1S/C8H12N2.C2H6/c1-3-7(2)8-5-4-6-9-10-8;1-2/h4-7H,3H2,1-2H3;1-2H3. The van der Waals surface area contributed by atoms with E-state index >= 15 is 0 Å². The Hall–Kier alpha value is -0.920. The maximum atomic E-state index is 4.00. The van der Waals surface area contributed by atoms with E-state index in [0.717, 1.165) is 12.1 Å². The van der Waals surface area contributed by atoms with E-state index in [4.69, 9.17) is 0 Å². The van der Waals surface area contributed by atoms with Gasteiger partial charge in [-0.15, -0.1) is 0 Å². The lowest BCUT2D eigenvalue weighted by Gasteiger charge is -2.04. The van der Waals surface area contributed by atoms with E-state index in [-0.39, 0.29) is 0 Å². The van der Waals surface area contributed by atoms with Crippen LogP contribution in [0.15, 0.2) is 18.3 Å². The SMILES string of the molecule is CC.CCC(C)c1cccnn1. The van der Waals surface area contributed by atoms with Crippen molar-refractivity contribution in [2.45, 2.75) is 40.0 Å². The van der Waals surface area contributed by atoms with Crippen LogP contribution in [0.25, 0.3) is 0 Å². The quantitative estimate of drug-likeness (QED) is 0.675. The van der Waals surface area contributed by atoms with Crippen molar-refractivity contribution < 1.29 is 0 Å². The highest BCUT2D eigenvalue weighted by Gasteiger charge is 2.01. The zero-order valence-electron chi connectivity index (χ0n) is 8.41. The molecule has 0 aromatic carbocycles. The molecule has 12 heavy (non-hydrogen) atoms. The molecule has 0 aliphatic heterocycles. The van der Waals surface area contributed by atoms with Crippen molar-refractivity contribution in [1.29, 1.82) is 0 Å². The van der Waals surface area contributed by atoms with Gasteiger partial charge in [0.15, 0.2) is 0 Å². The van der Waals surface area contributed by atoms with E-state index in [9.17, 15) is 0 Å². The van der Waals surface area contributed by atoms with Crippen LogP contribution >= 0.6 is 0 Å². The summed E-state index contributed by atoms with van der Waals surface area (Å²) in [5.74, 6) is 0.536. The first-order chi connectivity index (χ1) is 5.84. The van der Waals surface area contributed by atoms with Gasteiger partial charge in [0.1, 0.15) is 0 Å². The fourth-order valence-electron chi connectivity index (χ4n) is 0.785. The van der Waals surface area contributed by atoms with E-state index in [2.05, 4.69) is 24.0 Å². The summed E-state index contributed by atoms with van der Waals surface area (Å²) < 4.78 is 0. The molecular weight excluding hydrogens is 148 g/mol. The lowest BCUT2D eigenvalue weighted by molar-refractivity contribution is 0.690. The summed E-state index contributed by atoms with van der Waals surface area (Å²) in [6, 6.07) is 3.94. The molecule has 0 fully saturated rings. The predicted octanol–water partition coefficient (Wildman–Crippen LogP) is 3.02. The summed E-state index contributed by atoms with van der Waals surface area (Å²) in [5.41, 5.74) is 1.09. The van der Waals surface area contributed by atoms with E-state index in [1.54, 1.807) is 6.20 Å². The molecule has 0 bridgehead atoms. The molecule has 0 saturated carbocycles. The summed E-state index contributed by atoms with van der Waals surface area (Å²) in [4.78, 5) is 0. The summed E-state index contributed by atoms with van der Waals surface area (Å²) in [6.45, 7) is 8.31. The largest absolute Gasteiger partial charge is 0.159 e. The zero-order chi connectivity index (χ0) is 9.40. The van der Waals surface area contributed by atoms with Gasteiger partial charge in [-0.25, -0.2) is 0 Å². The van der Waals surface area contributed by atoms with Crippen LogP contribution in [-0.2, 0) is 0 Å². The molecule has 0 spiro atoms. The van der Waals surface area contributed by atoms with Crippen LogP contribution in [0.4, 0.5) is 0 Å². The monoisotopic (exact) mass is 166 g/mol. The van der Waals surface area contributed by atoms with Crippen molar-refractivity contribution in [1.82, 2.24) is 10.2 Å². The number of rotatable bonds is 2. The average Bonchev–Trinajstić information content (AvgIpc) is 2.21. The van der Waals surface area contributed by atoms with Crippen LogP contribution in [-0.4, -0.2) is 10.2 Å². The Morgan fingerprint density at radius 2 is 2.08 bits per heavy atom. The second-order valence-corrected chi connectivity index (χ2v) is 2.46. The summed E-state index contributed by atoms with van der Waals surface area (Å²) in [7, 11) is 0. The smallest absolute Gasteiger partial charge is 0.0659 e. The topological polar surface area (TPSA) is 25.8 Å². The van der Waals surface area contributed by atoms with Crippen molar-refractivity contribution >= 4 is 0 Å². The minimum atomic E-state index is 0.536. The van der Waals surface area contributed by atoms with Gasteiger partial charge in [0.25, 0.3) is 0 Å². The van der Waals surface area contributed by atoms with Crippen molar-refractivity contribution in [3.63, 3.8) is 0 Å². The van der Waals surface area contributed by atoms with Crippen LogP contribution in [0.5, 0.6) is 0 Å². The highest BCUT2D eigenvalue weighted by molar-refractivity contribution is 5.04. The van der Waals surface area contributed by atoms with Gasteiger partial charge in [-0.2, -0.15) is 10.2 Å². The van der Waals surface area contributed by atoms with Gasteiger partial charge in [-0.3, -0.25) is 0 Å². The van der Waals surface area contributed by atoms with Crippen molar-refractivity contribution in [3.05, 3.63) is 24.0 Å². The molecule has 0 saturated heterocycles. The Bertz CT molecular complexity index is 184. The number of hydrogen-bond acceptors (Lipinski definition) is 2. The molecule has 68 valence electrons. The third kappa shape index (κ3) is 3.46. The fraction of sp³-hybridized carbons (Fsp3) is 0.600. The minimum absolute atomic E-state index is 0.536. The normalized spacial score (nSPS) is 11.3. The van der Waals surface area contributed by atoms with Crippen LogP contribution in [0.3, 0.4) is 0 Å². The Kier molecular flexibility index (Phi) is 6.25. The molecular formula is C10H18N2. The summed E-state index contributed by atoms with van der Waals surface area (Å²) in [5, 5.41) is 7.80. The van der Waals surface area contributed by atoms with Gasteiger partial charge in [0.2, 0.25) is 0 Å². The molecule has 1 atom stereocenters. The first kappa shape index (κ1) is 11.1. The van der Waals surface area contributed by atoms with Crippen LogP contribution in [0.2, 0.25) is 0 Å². The molecule has 2 nitrogen and oxygen atoms in total. The second kappa shape index (κ2) is 6.77. The maximum Gasteiger partial charge on any atom is 0.0659 e. The van der Waals surface area contributed by atoms with Crippen molar-refractivity contribution in [3.8, 4) is 0 Å². The average molecular weight is 166 g/mol. The minimum Gasteiger partial charge on any atom is -0.159 e. The molecule has 0 aliphatic rings. The van der Waals surface area contributed by atoms with E-state index in [1.807, 2.05) is 26.0 Å². The van der Waals surface area contributed by atoms with Crippen LogP contribution in [0, 0.1) is 0 Å². The third-order valence-electron chi connectivity index (χ3n) is 1.71. The molecule has 0 aliphatic carbocycles. The molecule has 1 aromatic rings. The highest BCUT2D eigenvalue weighted by atomic mass is 15.1. The fourth-order valence-corrected chi connectivity index (χ4v) is 0.785. The number of nitrogens with zero attached hydrogens (tertiary/aromatic N) is 2. The lowest BCUT2D eigenvalue weighted by atomic mass is 10.1. The Labute approximate surface area is 75.0 Å². The summed E-state index contributed by atoms with van der Waals surface area (Å²) >= 11 is 0. The first-order valence-corrected chi connectivity index (χ1v) is 4.62. The van der Waals surface area contributed by atoms with Crippen molar-refractivity contribution in [2.75, 3.05) is 0 Å². The molecule has 1 heterocycles. The first-order valence-electron chi connectivity index (χ1n) is 4.62. The second-order valence-electron chi connectivity index (χ2n) is 2.46. The van der Waals surface area contributed by atoms with Gasteiger partial charge in [-0.1, -0.05) is 27.7 Å². The van der Waals surface area contributed by atoms with E-state index < -0.39 is 0 Å². The van der Waals surface area contributed by atoms with Gasteiger partial charge in [0, 0.05) is 6.20 Å². The molecule has 1 rings (SSSR count). The Morgan fingerprint density at radius 3 is 2.50 bits per heavy atom. The summed E-state index contributed by atoms with van der Waals surface area (Å²) in [6.07, 6.45) is 2.82. The zero-order valence-corrected chi connectivity index (χ0v) is 8.41. The Morgan fingerprint density at radius 1 is 1.42 bits per heavy atom. The lowest BCUT2D eigenvalue weighted by Crippen LogP contribution is -1.95. The molecule has 1 aromatic heterocycles.